The second kappa shape index (κ2) is 8.01. The average molecular weight is 221 g/mol. The lowest BCUT2D eigenvalue weighted by atomic mass is 10.0. The van der Waals surface area contributed by atoms with Crippen molar-refractivity contribution in [2.24, 2.45) is 0 Å². The normalized spacial score (nSPS) is 19.6. The monoisotopic (exact) mass is 221 g/mol. The quantitative estimate of drug-likeness (QED) is 0.333. The number of aliphatic hydroxyl groups is 4. The molecule has 0 saturated carbocycles. The first-order chi connectivity index (χ1) is 7.04. The molecular formula is C10H23NO4. The number of hydrogen-bond donors (Lipinski definition) is 5. The van der Waals surface area contributed by atoms with Crippen LogP contribution in [0.1, 0.15) is 26.7 Å². The maximum absolute atomic E-state index is 9.60. The Morgan fingerprint density at radius 3 is 2.20 bits per heavy atom. The van der Waals surface area contributed by atoms with Gasteiger partial charge in [-0.15, -0.1) is 0 Å². The van der Waals surface area contributed by atoms with Crippen LogP contribution in [0.2, 0.25) is 0 Å². The van der Waals surface area contributed by atoms with Crippen LogP contribution in [0.3, 0.4) is 0 Å². The van der Waals surface area contributed by atoms with Crippen molar-refractivity contribution in [3.63, 3.8) is 0 Å². The third-order valence-electron chi connectivity index (χ3n) is 2.44. The molecule has 0 aromatic rings. The van der Waals surface area contributed by atoms with Crippen molar-refractivity contribution in [3.8, 4) is 0 Å². The highest BCUT2D eigenvalue weighted by molar-refractivity contribution is 4.82. The second-order valence-electron chi connectivity index (χ2n) is 3.83. The van der Waals surface area contributed by atoms with Gasteiger partial charge in [-0.25, -0.2) is 0 Å². The second-order valence-corrected chi connectivity index (χ2v) is 3.83. The van der Waals surface area contributed by atoms with Gasteiger partial charge >= 0.3 is 0 Å². The molecule has 5 N–H and O–H groups in total. The molecule has 0 spiro atoms. The standard InChI is InChI=1S/C10H23NO4/c1-3-4-5-11-7(2)9(14)10(15)8(13)6-12/h7-15H,3-6H2,1-2H3/t7-,8-,9-,10-/m0/s1. The Hall–Kier alpha value is -0.200. The Kier molecular flexibility index (Phi) is 7.90. The summed E-state index contributed by atoms with van der Waals surface area (Å²) in [7, 11) is 0. The van der Waals surface area contributed by atoms with E-state index in [1.165, 1.54) is 0 Å². The first-order valence-electron chi connectivity index (χ1n) is 5.43. The fraction of sp³-hybridized carbons (Fsp3) is 1.00. The highest BCUT2D eigenvalue weighted by Crippen LogP contribution is 2.04. The van der Waals surface area contributed by atoms with Gasteiger partial charge in [-0.3, -0.25) is 0 Å². The van der Waals surface area contributed by atoms with Crippen LogP contribution in [0.5, 0.6) is 0 Å². The molecule has 0 unspecified atom stereocenters. The summed E-state index contributed by atoms with van der Waals surface area (Å²) in [5.41, 5.74) is 0. The molecular weight excluding hydrogens is 198 g/mol. The fourth-order valence-corrected chi connectivity index (χ4v) is 1.26. The Morgan fingerprint density at radius 1 is 1.13 bits per heavy atom. The lowest BCUT2D eigenvalue weighted by Crippen LogP contribution is -2.50. The highest BCUT2D eigenvalue weighted by Gasteiger charge is 2.27. The number of nitrogens with one attached hydrogen (secondary N) is 1. The summed E-state index contributed by atoms with van der Waals surface area (Å²) in [5.74, 6) is 0. The number of aliphatic hydroxyl groups excluding tert-OH is 4. The molecule has 0 fully saturated rings. The fourth-order valence-electron chi connectivity index (χ4n) is 1.26. The summed E-state index contributed by atoms with van der Waals surface area (Å²) in [4.78, 5) is 0. The molecule has 5 nitrogen and oxygen atoms in total. The van der Waals surface area contributed by atoms with Gasteiger partial charge in [-0.2, -0.15) is 0 Å². The molecule has 0 saturated heterocycles. The minimum Gasteiger partial charge on any atom is -0.394 e. The summed E-state index contributed by atoms with van der Waals surface area (Å²) < 4.78 is 0. The predicted molar refractivity (Wildman–Crippen MR) is 57.5 cm³/mol. The molecule has 92 valence electrons. The summed E-state index contributed by atoms with van der Waals surface area (Å²) in [6, 6.07) is -0.312. The summed E-state index contributed by atoms with van der Waals surface area (Å²) in [5, 5.41) is 39.8. The van der Waals surface area contributed by atoms with Crippen molar-refractivity contribution < 1.29 is 20.4 Å². The number of unbranched alkanes of at least 4 members (excludes halogenated alkanes) is 1. The van der Waals surface area contributed by atoms with Crippen molar-refractivity contribution in [2.45, 2.75) is 51.0 Å². The maximum Gasteiger partial charge on any atom is 0.109 e. The van der Waals surface area contributed by atoms with Gasteiger partial charge in [0.05, 0.1) is 12.7 Å². The minimum atomic E-state index is -1.32. The van der Waals surface area contributed by atoms with Gasteiger partial charge in [-0.1, -0.05) is 13.3 Å². The van der Waals surface area contributed by atoms with E-state index in [2.05, 4.69) is 12.2 Å². The van der Waals surface area contributed by atoms with Crippen molar-refractivity contribution >= 4 is 0 Å². The molecule has 0 radical (unpaired) electrons. The van der Waals surface area contributed by atoms with E-state index in [0.717, 1.165) is 19.4 Å². The summed E-state index contributed by atoms with van der Waals surface area (Å²) in [6.45, 7) is 4.00. The van der Waals surface area contributed by atoms with E-state index in [1.807, 2.05) is 0 Å². The molecule has 0 aliphatic carbocycles. The van der Waals surface area contributed by atoms with Gasteiger partial charge in [0, 0.05) is 6.04 Å². The molecule has 0 rings (SSSR count). The third kappa shape index (κ3) is 5.44. The molecule has 0 bridgehead atoms. The average Bonchev–Trinajstić information content (AvgIpc) is 2.26. The number of rotatable bonds is 8. The zero-order valence-corrected chi connectivity index (χ0v) is 9.43. The third-order valence-corrected chi connectivity index (χ3v) is 2.44. The molecule has 4 atom stereocenters. The van der Waals surface area contributed by atoms with E-state index in [-0.39, 0.29) is 6.04 Å². The van der Waals surface area contributed by atoms with Crippen molar-refractivity contribution in [1.29, 1.82) is 0 Å². The molecule has 5 heteroatoms. The Balaban J connectivity index is 3.90. The van der Waals surface area contributed by atoms with Gasteiger partial charge in [0.25, 0.3) is 0 Å². The van der Waals surface area contributed by atoms with Crippen LogP contribution in [0.4, 0.5) is 0 Å². The van der Waals surface area contributed by atoms with Gasteiger partial charge in [0.1, 0.15) is 12.2 Å². The van der Waals surface area contributed by atoms with Crippen molar-refractivity contribution in [1.82, 2.24) is 5.32 Å². The van der Waals surface area contributed by atoms with E-state index in [0.29, 0.717) is 0 Å². The Bertz CT molecular complexity index is 156. The lowest BCUT2D eigenvalue weighted by molar-refractivity contribution is -0.0850. The lowest BCUT2D eigenvalue weighted by Gasteiger charge is -2.27. The first-order valence-corrected chi connectivity index (χ1v) is 5.43. The van der Waals surface area contributed by atoms with Crippen LogP contribution in [0, 0.1) is 0 Å². The molecule has 0 aromatic heterocycles. The molecule has 15 heavy (non-hydrogen) atoms. The highest BCUT2D eigenvalue weighted by atomic mass is 16.4. The van der Waals surface area contributed by atoms with Crippen molar-refractivity contribution in [3.05, 3.63) is 0 Å². The van der Waals surface area contributed by atoms with Crippen molar-refractivity contribution in [2.75, 3.05) is 13.2 Å². The van der Waals surface area contributed by atoms with Gasteiger partial charge in [-0.05, 0) is 19.9 Å². The molecule has 0 amide bonds. The minimum absolute atomic E-state index is 0.312. The molecule has 0 heterocycles. The molecule has 0 aliphatic heterocycles. The summed E-state index contributed by atoms with van der Waals surface area (Å²) >= 11 is 0. The van der Waals surface area contributed by atoms with Gasteiger partial charge < -0.3 is 25.7 Å². The zero-order chi connectivity index (χ0) is 11.8. The predicted octanol–water partition coefficient (Wildman–Crippen LogP) is -1.16. The SMILES string of the molecule is CCCCN[C@@H](C)[C@H](O)[C@@H](O)[C@@H](O)CO. The first kappa shape index (κ1) is 14.8. The maximum atomic E-state index is 9.60. The van der Waals surface area contributed by atoms with Crippen LogP contribution in [-0.4, -0.2) is 57.9 Å². The van der Waals surface area contributed by atoms with Crippen LogP contribution < -0.4 is 5.32 Å². The van der Waals surface area contributed by atoms with Gasteiger partial charge in [0.2, 0.25) is 0 Å². The van der Waals surface area contributed by atoms with Crippen LogP contribution in [-0.2, 0) is 0 Å². The van der Waals surface area contributed by atoms with Crippen LogP contribution in [0.25, 0.3) is 0 Å². The van der Waals surface area contributed by atoms with Crippen LogP contribution >= 0.6 is 0 Å². The zero-order valence-electron chi connectivity index (χ0n) is 9.43. The largest absolute Gasteiger partial charge is 0.394 e. The van der Waals surface area contributed by atoms with E-state index in [9.17, 15) is 10.2 Å². The smallest absolute Gasteiger partial charge is 0.109 e. The summed E-state index contributed by atoms with van der Waals surface area (Å²) in [6.07, 6.45) is -1.65. The molecule has 0 aromatic carbocycles. The van der Waals surface area contributed by atoms with Crippen LogP contribution in [0.15, 0.2) is 0 Å². The van der Waals surface area contributed by atoms with E-state index < -0.39 is 24.9 Å². The topological polar surface area (TPSA) is 93.0 Å². The number of hydrogen-bond acceptors (Lipinski definition) is 5. The van der Waals surface area contributed by atoms with E-state index in [1.54, 1.807) is 6.92 Å². The van der Waals surface area contributed by atoms with E-state index in [4.69, 9.17) is 10.2 Å². The molecule has 0 aliphatic rings. The Morgan fingerprint density at radius 2 is 1.73 bits per heavy atom. The Labute approximate surface area is 90.8 Å². The van der Waals surface area contributed by atoms with Gasteiger partial charge in [0.15, 0.2) is 0 Å². The van der Waals surface area contributed by atoms with E-state index >= 15 is 0 Å².